The highest BCUT2D eigenvalue weighted by molar-refractivity contribution is 5.85. The van der Waals surface area contributed by atoms with Gasteiger partial charge in [-0.1, -0.05) is 69.3 Å². The van der Waals surface area contributed by atoms with Crippen molar-refractivity contribution in [3.63, 3.8) is 0 Å². The molecule has 0 bridgehead atoms. The largest absolute Gasteiger partial charge is 0.479 e. The highest BCUT2D eigenvalue weighted by Crippen LogP contribution is 2.47. The standard InChI is InChI=1S/C26H31NO4/c1-17-15-25(2,3)13-14-26(17,23(28)29)27(4)24(30)31-16-22-20-11-7-5-9-18(20)19-10-6-8-12-21(19)22/h5-12,17,22H,13-16H2,1-4H3,(H,28,29). The minimum atomic E-state index is -1.24. The van der Waals surface area contributed by atoms with Crippen molar-refractivity contribution in [1.29, 1.82) is 0 Å². The lowest BCUT2D eigenvalue weighted by Gasteiger charge is -2.49. The van der Waals surface area contributed by atoms with E-state index in [0.29, 0.717) is 6.42 Å². The Balaban J connectivity index is 1.54. The maximum atomic E-state index is 13.1. The number of fused-ring (bicyclic) bond motifs is 3. The Morgan fingerprint density at radius 1 is 1.03 bits per heavy atom. The molecule has 0 aromatic heterocycles. The number of likely N-dealkylation sites (N-methyl/N-ethyl adjacent to an activating group) is 1. The SMILES string of the molecule is CC1CC(C)(C)CCC1(C(=O)O)N(C)C(=O)OCC1c2ccccc2-c2ccccc21. The Labute approximate surface area is 184 Å². The Bertz CT molecular complexity index is 968. The molecule has 0 spiro atoms. The first-order valence-electron chi connectivity index (χ1n) is 11.0. The molecular formula is C26H31NO4. The summed E-state index contributed by atoms with van der Waals surface area (Å²) in [4.78, 5) is 26.8. The van der Waals surface area contributed by atoms with Gasteiger partial charge < -0.3 is 9.84 Å². The molecule has 2 aromatic carbocycles. The summed E-state index contributed by atoms with van der Waals surface area (Å²) in [5.74, 6) is -1.17. The first-order chi connectivity index (χ1) is 14.7. The summed E-state index contributed by atoms with van der Waals surface area (Å²) in [6.45, 7) is 6.43. The van der Waals surface area contributed by atoms with Crippen molar-refractivity contribution in [2.75, 3.05) is 13.7 Å². The number of carbonyl (C=O) groups excluding carboxylic acids is 1. The minimum absolute atomic E-state index is 0.0479. The molecule has 2 aliphatic carbocycles. The number of nitrogens with zero attached hydrogens (tertiary/aromatic N) is 1. The van der Waals surface area contributed by atoms with Crippen LogP contribution < -0.4 is 0 Å². The summed E-state index contributed by atoms with van der Waals surface area (Å²) in [5.41, 5.74) is 3.44. The number of hydrogen-bond acceptors (Lipinski definition) is 3. The van der Waals surface area contributed by atoms with Crippen LogP contribution in [-0.2, 0) is 9.53 Å². The summed E-state index contributed by atoms with van der Waals surface area (Å²) in [7, 11) is 1.57. The predicted octanol–water partition coefficient (Wildman–Crippen LogP) is 5.54. The summed E-state index contributed by atoms with van der Waals surface area (Å²) in [6, 6.07) is 16.3. The normalized spacial score (nSPS) is 24.2. The first-order valence-corrected chi connectivity index (χ1v) is 11.0. The van der Waals surface area contributed by atoms with Gasteiger partial charge in [-0.2, -0.15) is 0 Å². The zero-order chi connectivity index (χ0) is 22.4. The monoisotopic (exact) mass is 421 g/mol. The number of aliphatic carboxylic acids is 1. The van der Waals surface area contributed by atoms with Crippen LogP contribution in [0.15, 0.2) is 48.5 Å². The van der Waals surface area contributed by atoms with E-state index in [2.05, 4.69) is 38.1 Å². The molecular weight excluding hydrogens is 390 g/mol. The van der Waals surface area contributed by atoms with Crippen molar-refractivity contribution in [3.8, 4) is 11.1 Å². The van der Waals surface area contributed by atoms with Gasteiger partial charge in [0.25, 0.3) is 0 Å². The van der Waals surface area contributed by atoms with Gasteiger partial charge in [0.05, 0.1) is 0 Å². The van der Waals surface area contributed by atoms with Crippen LogP contribution in [0, 0.1) is 11.3 Å². The highest BCUT2D eigenvalue weighted by Gasteiger charge is 2.54. The topological polar surface area (TPSA) is 66.8 Å². The second-order valence-electron chi connectivity index (χ2n) is 9.86. The summed E-state index contributed by atoms with van der Waals surface area (Å²) in [5, 5.41) is 10.1. The summed E-state index contributed by atoms with van der Waals surface area (Å²) < 4.78 is 5.75. The Morgan fingerprint density at radius 2 is 1.58 bits per heavy atom. The molecule has 2 atom stereocenters. The second kappa shape index (κ2) is 7.70. The third kappa shape index (κ3) is 3.50. The van der Waals surface area contributed by atoms with Gasteiger partial charge in [0.1, 0.15) is 12.1 Å². The number of benzene rings is 2. The minimum Gasteiger partial charge on any atom is -0.479 e. The van der Waals surface area contributed by atoms with Gasteiger partial charge in [-0.25, -0.2) is 9.59 Å². The molecule has 1 saturated carbocycles. The van der Waals surface area contributed by atoms with E-state index in [1.165, 1.54) is 4.90 Å². The van der Waals surface area contributed by atoms with Gasteiger partial charge in [-0.05, 0) is 52.8 Å². The molecule has 31 heavy (non-hydrogen) atoms. The number of amides is 1. The van der Waals surface area contributed by atoms with Crippen LogP contribution >= 0.6 is 0 Å². The number of ether oxygens (including phenoxy) is 1. The maximum Gasteiger partial charge on any atom is 0.410 e. The number of hydrogen-bond donors (Lipinski definition) is 1. The molecule has 5 heteroatoms. The van der Waals surface area contributed by atoms with E-state index in [9.17, 15) is 14.7 Å². The van der Waals surface area contributed by atoms with Crippen molar-refractivity contribution in [2.45, 2.75) is 51.5 Å². The maximum absolute atomic E-state index is 13.1. The molecule has 2 aromatic rings. The van der Waals surface area contributed by atoms with Gasteiger partial charge in [0.15, 0.2) is 0 Å². The van der Waals surface area contributed by atoms with Gasteiger partial charge in [0, 0.05) is 13.0 Å². The number of rotatable bonds is 4. The lowest BCUT2D eigenvalue weighted by Crippen LogP contribution is -2.62. The van der Waals surface area contributed by atoms with E-state index in [-0.39, 0.29) is 23.9 Å². The molecule has 0 saturated heterocycles. The van der Waals surface area contributed by atoms with E-state index < -0.39 is 17.6 Å². The van der Waals surface area contributed by atoms with Gasteiger partial charge in [-0.3, -0.25) is 4.90 Å². The van der Waals surface area contributed by atoms with Crippen LogP contribution in [0.25, 0.3) is 11.1 Å². The van der Waals surface area contributed by atoms with Gasteiger partial charge in [-0.15, -0.1) is 0 Å². The molecule has 0 aliphatic heterocycles. The van der Waals surface area contributed by atoms with Crippen molar-refractivity contribution < 1.29 is 19.4 Å². The Morgan fingerprint density at radius 3 is 2.10 bits per heavy atom. The third-order valence-electron chi connectivity index (χ3n) is 7.44. The molecule has 2 unspecified atom stereocenters. The third-order valence-corrected chi connectivity index (χ3v) is 7.44. The fourth-order valence-corrected chi connectivity index (χ4v) is 5.69. The average Bonchev–Trinajstić information content (AvgIpc) is 3.05. The fraction of sp³-hybridized carbons (Fsp3) is 0.462. The zero-order valence-electron chi connectivity index (χ0n) is 18.7. The van der Waals surface area contributed by atoms with Crippen LogP contribution in [0.2, 0.25) is 0 Å². The molecule has 1 fully saturated rings. The molecule has 1 N–H and O–H groups in total. The zero-order valence-corrected chi connectivity index (χ0v) is 18.7. The highest BCUT2D eigenvalue weighted by atomic mass is 16.6. The van der Waals surface area contributed by atoms with E-state index >= 15 is 0 Å². The molecule has 2 aliphatic rings. The predicted molar refractivity (Wildman–Crippen MR) is 120 cm³/mol. The van der Waals surface area contributed by atoms with Crippen molar-refractivity contribution in [1.82, 2.24) is 4.90 Å². The fourth-order valence-electron chi connectivity index (χ4n) is 5.69. The lowest BCUT2D eigenvalue weighted by atomic mass is 9.63. The van der Waals surface area contributed by atoms with Crippen LogP contribution in [-0.4, -0.2) is 41.3 Å². The Kier molecular flexibility index (Phi) is 5.32. The van der Waals surface area contributed by atoms with Crippen LogP contribution in [0.1, 0.15) is 57.1 Å². The van der Waals surface area contributed by atoms with E-state index in [0.717, 1.165) is 35.1 Å². The number of carbonyl (C=O) groups is 2. The number of carboxylic acid groups (broad SMARTS) is 1. The van der Waals surface area contributed by atoms with Crippen LogP contribution in [0.4, 0.5) is 4.79 Å². The van der Waals surface area contributed by atoms with E-state index in [1.54, 1.807) is 7.05 Å². The van der Waals surface area contributed by atoms with Gasteiger partial charge in [0.2, 0.25) is 0 Å². The Hall–Kier alpha value is -2.82. The molecule has 0 radical (unpaired) electrons. The molecule has 0 heterocycles. The number of carboxylic acids is 1. The summed E-state index contributed by atoms with van der Waals surface area (Å²) >= 11 is 0. The van der Waals surface area contributed by atoms with Gasteiger partial charge >= 0.3 is 12.1 Å². The lowest BCUT2D eigenvalue weighted by molar-refractivity contribution is -0.158. The summed E-state index contributed by atoms with van der Waals surface area (Å²) in [6.07, 6.45) is 1.36. The molecule has 5 nitrogen and oxygen atoms in total. The molecule has 4 rings (SSSR count). The molecule has 164 valence electrons. The van der Waals surface area contributed by atoms with E-state index in [1.807, 2.05) is 31.2 Å². The van der Waals surface area contributed by atoms with Crippen LogP contribution in [0.5, 0.6) is 0 Å². The van der Waals surface area contributed by atoms with Crippen molar-refractivity contribution >= 4 is 12.1 Å². The quantitative estimate of drug-likeness (QED) is 0.704. The smallest absolute Gasteiger partial charge is 0.410 e. The van der Waals surface area contributed by atoms with Crippen molar-refractivity contribution in [2.24, 2.45) is 11.3 Å². The van der Waals surface area contributed by atoms with Crippen molar-refractivity contribution in [3.05, 3.63) is 59.7 Å². The first kappa shape index (κ1) is 21.4. The van der Waals surface area contributed by atoms with E-state index in [4.69, 9.17) is 4.74 Å². The molecule has 1 amide bonds. The average molecular weight is 422 g/mol. The van der Waals surface area contributed by atoms with Crippen LogP contribution in [0.3, 0.4) is 0 Å². The second-order valence-corrected chi connectivity index (χ2v) is 9.86.